The fraction of sp³-hybridized carbons (Fsp3) is 0.0789. The Morgan fingerprint density at radius 3 is 0.845 bits per heavy atom. The van der Waals surface area contributed by atoms with Crippen molar-refractivity contribution >= 4 is 92.9 Å². The van der Waals surface area contributed by atoms with Crippen LogP contribution in [0.25, 0.3) is 149 Å². The first-order chi connectivity index (χ1) is 41.1. The number of rotatable bonds is 7. The van der Waals surface area contributed by atoms with E-state index in [9.17, 15) is 6.57 Å². The lowest BCUT2D eigenvalue weighted by molar-refractivity contribution is 1.02. The van der Waals surface area contributed by atoms with E-state index in [1.54, 1.807) is 0 Å². The summed E-state index contributed by atoms with van der Waals surface area (Å²) in [5, 5.41) is 8.75. The molecule has 0 fully saturated rings. The van der Waals surface area contributed by atoms with Gasteiger partial charge < -0.3 is 18.3 Å². The molecule has 5 heterocycles. The van der Waals surface area contributed by atoms with Gasteiger partial charge in [0.1, 0.15) is 0 Å². The zero-order chi connectivity index (χ0) is 56.6. The standard InChI is InChI=1S/C76H54N8/c1-44-26-32-62-54(38-44)55-39-45(2)27-33-63(55)81(62)70-68(76-79-74(50-18-10-8-11-19-50)78-75(80-76)51-20-12-9-13-21-51)71(82-64-34-28-46(3)40-56(64)57-41-47(4)29-35-65(57)82)73(84-66-36-30-48(5)42-58(66)59-43-49(6)31-37-67(59)84)69(77-7)72(70)83-60-24-16-14-22-52(60)53-23-15-17-25-61(53)83/h8-43H,1-6H3. The summed E-state index contributed by atoms with van der Waals surface area (Å²) in [6, 6.07) is 78.3. The minimum absolute atomic E-state index is 0.448. The monoisotopic (exact) mass is 1080 g/mol. The summed E-state index contributed by atoms with van der Waals surface area (Å²) in [6.07, 6.45) is 0. The number of aromatic nitrogens is 7. The fourth-order valence-corrected chi connectivity index (χ4v) is 13.4. The molecule has 16 aromatic rings. The minimum Gasteiger partial charge on any atom is -0.317 e. The van der Waals surface area contributed by atoms with Crippen molar-refractivity contribution in [3.05, 3.63) is 263 Å². The molecular weight excluding hydrogens is 1020 g/mol. The van der Waals surface area contributed by atoms with Gasteiger partial charge in [-0.2, -0.15) is 0 Å². The number of hydrogen-bond donors (Lipinski definition) is 0. The number of fused-ring (bicyclic) bond motifs is 12. The van der Waals surface area contributed by atoms with Crippen molar-refractivity contribution in [2.75, 3.05) is 0 Å². The third kappa shape index (κ3) is 7.28. The SMILES string of the molecule is [C-]#[N+]c1c(-n2c3ccccc3c3ccccc32)c(-n2c3ccc(C)cc3c3cc(C)ccc32)c(-c2nc(-c3ccccc3)nc(-c3ccccc3)n2)c(-n2c3ccc(C)cc3c3cc(C)ccc32)c1-n1c2ccc(C)cc2c2cc(C)ccc21. The normalized spacial score (nSPS) is 11.9. The summed E-state index contributed by atoms with van der Waals surface area (Å²) in [4.78, 5) is 22.1. The van der Waals surface area contributed by atoms with E-state index in [1.165, 1.54) is 0 Å². The largest absolute Gasteiger partial charge is 0.317 e. The van der Waals surface area contributed by atoms with Gasteiger partial charge in [0, 0.05) is 54.2 Å². The van der Waals surface area contributed by atoms with Gasteiger partial charge in [-0.05, 0) is 126 Å². The molecule has 0 unspecified atom stereocenters. The average molecular weight is 1080 g/mol. The van der Waals surface area contributed by atoms with Crippen LogP contribution >= 0.6 is 0 Å². The first-order valence-corrected chi connectivity index (χ1v) is 28.6. The Hall–Kier alpha value is -10.9. The van der Waals surface area contributed by atoms with Crippen LogP contribution in [0, 0.1) is 48.1 Å². The molecule has 8 nitrogen and oxygen atoms in total. The molecule has 0 saturated heterocycles. The van der Waals surface area contributed by atoms with Crippen molar-refractivity contribution in [3.8, 4) is 56.9 Å². The Balaban J connectivity index is 1.28. The third-order valence-electron chi connectivity index (χ3n) is 17.1. The molecule has 0 aliphatic carbocycles. The first kappa shape index (κ1) is 49.0. The van der Waals surface area contributed by atoms with Gasteiger partial charge in [0.05, 0.1) is 79.0 Å². The van der Waals surface area contributed by atoms with Crippen LogP contribution in [0.2, 0.25) is 0 Å². The smallest absolute Gasteiger partial charge is 0.238 e. The number of para-hydroxylation sites is 2. The highest BCUT2D eigenvalue weighted by molar-refractivity contribution is 6.18. The van der Waals surface area contributed by atoms with E-state index in [0.717, 1.165) is 149 Å². The van der Waals surface area contributed by atoms with Gasteiger partial charge >= 0.3 is 0 Å². The number of nitrogens with zero attached hydrogens (tertiary/aromatic N) is 8. The van der Waals surface area contributed by atoms with Crippen LogP contribution in [0.5, 0.6) is 0 Å². The number of hydrogen-bond acceptors (Lipinski definition) is 3. The molecule has 0 aliphatic rings. The van der Waals surface area contributed by atoms with Crippen LogP contribution in [0.15, 0.2) is 218 Å². The van der Waals surface area contributed by atoms with Gasteiger partial charge in [-0.15, -0.1) is 0 Å². The predicted octanol–water partition coefficient (Wildman–Crippen LogP) is 19.7. The highest BCUT2D eigenvalue weighted by atomic mass is 15.2. The molecule has 16 rings (SSSR count). The van der Waals surface area contributed by atoms with E-state index >= 15 is 0 Å². The molecule has 0 bridgehead atoms. The fourth-order valence-electron chi connectivity index (χ4n) is 13.4. The molecule has 0 aliphatic heterocycles. The summed E-state index contributed by atoms with van der Waals surface area (Å²) < 4.78 is 9.60. The maximum absolute atomic E-state index is 10.2. The Labute approximate surface area is 485 Å². The molecule has 0 saturated carbocycles. The molecule has 0 radical (unpaired) electrons. The molecular formula is C76H54N8. The lowest BCUT2D eigenvalue weighted by Crippen LogP contribution is -2.15. The van der Waals surface area contributed by atoms with E-state index in [1.807, 2.05) is 36.4 Å². The van der Waals surface area contributed by atoms with Crippen LogP contribution in [-0.2, 0) is 0 Å². The van der Waals surface area contributed by atoms with Crippen molar-refractivity contribution in [2.45, 2.75) is 41.5 Å². The van der Waals surface area contributed by atoms with E-state index in [2.05, 4.69) is 242 Å². The lowest BCUT2D eigenvalue weighted by atomic mass is 9.99. The van der Waals surface area contributed by atoms with E-state index in [0.29, 0.717) is 34.5 Å². The zero-order valence-electron chi connectivity index (χ0n) is 47.4. The van der Waals surface area contributed by atoms with Gasteiger partial charge in [0.25, 0.3) is 0 Å². The maximum Gasteiger partial charge on any atom is 0.238 e. The number of benzene rings is 11. The van der Waals surface area contributed by atoms with E-state index < -0.39 is 0 Å². The molecule has 0 atom stereocenters. The summed E-state index contributed by atoms with van der Waals surface area (Å²) in [6.45, 7) is 23.2. The van der Waals surface area contributed by atoms with Crippen LogP contribution in [-0.4, -0.2) is 33.2 Å². The van der Waals surface area contributed by atoms with E-state index in [-0.39, 0.29) is 0 Å². The summed E-state index contributed by atoms with van der Waals surface area (Å²) in [7, 11) is 0. The van der Waals surface area contributed by atoms with Crippen molar-refractivity contribution in [1.82, 2.24) is 33.2 Å². The Morgan fingerprint density at radius 2 is 0.536 bits per heavy atom. The zero-order valence-corrected chi connectivity index (χ0v) is 47.4. The summed E-state index contributed by atoms with van der Waals surface area (Å²) >= 11 is 0. The first-order valence-electron chi connectivity index (χ1n) is 28.6. The van der Waals surface area contributed by atoms with Gasteiger partial charge in [0.2, 0.25) is 5.69 Å². The Bertz CT molecular complexity index is 5220. The molecule has 0 N–H and O–H groups in total. The molecule has 8 heteroatoms. The van der Waals surface area contributed by atoms with Crippen molar-refractivity contribution in [3.63, 3.8) is 0 Å². The molecule has 5 aromatic heterocycles. The van der Waals surface area contributed by atoms with Gasteiger partial charge in [0.15, 0.2) is 17.5 Å². The second-order valence-electron chi connectivity index (χ2n) is 22.8. The second-order valence-corrected chi connectivity index (χ2v) is 22.8. The molecule has 11 aromatic carbocycles. The minimum atomic E-state index is 0.448. The van der Waals surface area contributed by atoms with Crippen molar-refractivity contribution in [2.24, 2.45) is 0 Å². The van der Waals surface area contributed by atoms with E-state index in [4.69, 9.17) is 19.8 Å². The topological polar surface area (TPSA) is 62.8 Å². The van der Waals surface area contributed by atoms with Crippen molar-refractivity contribution < 1.29 is 0 Å². The second kappa shape index (κ2) is 18.6. The van der Waals surface area contributed by atoms with Crippen LogP contribution < -0.4 is 0 Å². The number of aryl methyl sites for hydroxylation is 6. The highest BCUT2D eigenvalue weighted by Gasteiger charge is 2.36. The van der Waals surface area contributed by atoms with Crippen LogP contribution in [0.4, 0.5) is 5.69 Å². The quantitative estimate of drug-likeness (QED) is 0.149. The summed E-state index contributed by atoms with van der Waals surface area (Å²) in [5.41, 5.74) is 20.5. The molecule has 398 valence electrons. The Kier molecular flexibility index (Phi) is 10.8. The van der Waals surface area contributed by atoms with Crippen LogP contribution in [0.3, 0.4) is 0 Å². The lowest BCUT2D eigenvalue weighted by Gasteiger charge is -2.29. The van der Waals surface area contributed by atoms with Gasteiger partial charge in [-0.1, -0.05) is 167 Å². The van der Waals surface area contributed by atoms with Crippen LogP contribution in [0.1, 0.15) is 33.4 Å². The highest BCUT2D eigenvalue weighted by Crippen LogP contribution is 2.54. The predicted molar refractivity (Wildman–Crippen MR) is 348 cm³/mol. The molecule has 0 spiro atoms. The summed E-state index contributed by atoms with van der Waals surface area (Å²) in [5.74, 6) is 1.49. The third-order valence-corrected chi connectivity index (χ3v) is 17.1. The average Bonchev–Trinajstić information content (AvgIpc) is 1.48. The Morgan fingerprint density at radius 1 is 0.274 bits per heavy atom. The van der Waals surface area contributed by atoms with Gasteiger partial charge in [-0.25, -0.2) is 19.8 Å². The molecule has 84 heavy (non-hydrogen) atoms. The maximum atomic E-state index is 10.2. The van der Waals surface area contributed by atoms with Crippen molar-refractivity contribution in [1.29, 1.82) is 0 Å². The van der Waals surface area contributed by atoms with Gasteiger partial charge in [-0.3, -0.25) is 0 Å². The molecule has 0 amide bonds.